The SMILES string of the molecule is CC(OCCC(=O)N1CC2C[C@H](C)C(C1)N2c1ccc(C#N)cn1)c1cccc2nccnc12. The van der Waals surface area contributed by atoms with Gasteiger partial charge >= 0.3 is 0 Å². The number of hydrogen-bond donors (Lipinski definition) is 0. The highest BCUT2D eigenvalue weighted by molar-refractivity contribution is 5.78. The van der Waals surface area contributed by atoms with Crippen LogP contribution in [0.15, 0.2) is 48.9 Å². The van der Waals surface area contributed by atoms with Crippen molar-refractivity contribution >= 4 is 22.8 Å². The summed E-state index contributed by atoms with van der Waals surface area (Å²) in [7, 11) is 0. The number of benzene rings is 1. The lowest BCUT2D eigenvalue weighted by Crippen LogP contribution is -2.56. The number of rotatable bonds is 6. The van der Waals surface area contributed by atoms with Crippen molar-refractivity contribution in [1.82, 2.24) is 19.9 Å². The van der Waals surface area contributed by atoms with Crippen LogP contribution < -0.4 is 4.90 Å². The van der Waals surface area contributed by atoms with Crippen molar-refractivity contribution in [1.29, 1.82) is 5.26 Å². The largest absolute Gasteiger partial charge is 0.373 e. The summed E-state index contributed by atoms with van der Waals surface area (Å²) in [5, 5.41) is 9.05. The molecule has 3 unspecified atom stereocenters. The van der Waals surface area contributed by atoms with E-state index >= 15 is 0 Å². The molecule has 8 heteroatoms. The maximum absolute atomic E-state index is 13.0. The molecule has 0 N–H and O–H groups in total. The normalized spacial score (nSPS) is 22.6. The molecule has 2 saturated heterocycles. The number of nitriles is 1. The summed E-state index contributed by atoms with van der Waals surface area (Å²) in [6.45, 7) is 5.97. The van der Waals surface area contributed by atoms with Gasteiger partial charge in [0.25, 0.3) is 0 Å². The Bertz CT molecular complexity index is 1220. The fraction of sp³-hybridized carbons (Fsp3) is 0.423. The summed E-state index contributed by atoms with van der Waals surface area (Å²) in [5.41, 5.74) is 3.21. The van der Waals surface area contributed by atoms with Crippen molar-refractivity contribution in [2.45, 2.75) is 44.9 Å². The third-order valence-corrected chi connectivity index (χ3v) is 7.04. The molecular formula is C26H28N6O2. The van der Waals surface area contributed by atoms with Crippen molar-refractivity contribution in [3.05, 3.63) is 60.0 Å². The van der Waals surface area contributed by atoms with E-state index in [-0.39, 0.29) is 24.1 Å². The molecule has 5 rings (SSSR count). The second-order valence-corrected chi connectivity index (χ2v) is 9.19. The number of para-hydroxylation sites is 1. The molecular weight excluding hydrogens is 428 g/mol. The minimum absolute atomic E-state index is 0.126. The van der Waals surface area contributed by atoms with Gasteiger partial charge in [0.2, 0.25) is 5.91 Å². The fourth-order valence-corrected chi connectivity index (χ4v) is 5.31. The van der Waals surface area contributed by atoms with E-state index in [0.29, 0.717) is 37.6 Å². The Morgan fingerprint density at radius 2 is 2.06 bits per heavy atom. The van der Waals surface area contributed by atoms with Gasteiger partial charge in [-0.25, -0.2) is 4.98 Å². The molecule has 2 aromatic heterocycles. The molecule has 0 saturated carbocycles. The van der Waals surface area contributed by atoms with Gasteiger partial charge in [-0.15, -0.1) is 0 Å². The van der Waals surface area contributed by atoms with Crippen molar-refractivity contribution in [2.24, 2.45) is 5.92 Å². The van der Waals surface area contributed by atoms with Crippen LogP contribution in [0.4, 0.5) is 5.82 Å². The van der Waals surface area contributed by atoms with E-state index in [9.17, 15) is 4.79 Å². The molecule has 3 aromatic rings. The van der Waals surface area contributed by atoms with Crippen molar-refractivity contribution in [2.75, 3.05) is 24.6 Å². The molecule has 8 nitrogen and oxygen atoms in total. The number of aromatic nitrogens is 3. The number of hydrogen-bond acceptors (Lipinski definition) is 7. The smallest absolute Gasteiger partial charge is 0.225 e. The van der Waals surface area contributed by atoms with Crippen LogP contribution in [0.1, 0.15) is 43.9 Å². The zero-order valence-corrected chi connectivity index (χ0v) is 19.5. The third kappa shape index (κ3) is 4.19. The van der Waals surface area contributed by atoms with Gasteiger partial charge in [-0.2, -0.15) is 5.26 Å². The Hall–Kier alpha value is -3.57. The van der Waals surface area contributed by atoms with Crippen molar-refractivity contribution < 1.29 is 9.53 Å². The Labute approximate surface area is 199 Å². The second-order valence-electron chi connectivity index (χ2n) is 9.19. The first-order chi connectivity index (χ1) is 16.5. The van der Waals surface area contributed by atoms with Gasteiger partial charge in [0, 0.05) is 43.3 Å². The molecule has 34 heavy (non-hydrogen) atoms. The van der Waals surface area contributed by atoms with Crippen LogP contribution in [-0.4, -0.2) is 57.5 Å². The standard InChI is InChI=1S/C26H28N6O2/c1-17-12-20-15-31(16-23(17)32(20)24-7-6-19(13-27)14-30-24)25(33)8-11-34-18(2)21-4-3-5-22-26(21)29-10-9-28-22/h3-7,9-10,14,17-18,20,23H,8,11-12,15-16H2,1-2H3/t17-,18?,20?,23?/m0/s1. The highest BCUT2D eigenvalue weighted by Gasteiger charge is 2.45. The van der Waals surface area contributed by atoms with E-state index in [4.69, 9.17) is 10.00 Å². The van der Waals surface area contributed by atoms with Crippen LogP contribution in [0.25, 0.3) is 11.0 Å². The molecule has 2 fully saturated rings. The Kier molecular flexibility index (Phi) is 6.12. The van der Waals surface area contributed by atoms with Gasteiger partial charge < -0.3 is 14.5 Å². The first kappa shape index (κ1) is 22.2. The number of fused-ring (bicyclic) bond motifs is 3. The van der Waals surface area contributed by atoms with Crippen LogP contribution in [-0.2, 0) is 9.53 Å². The zero-order chi connectivity index (χ0) is 23.7. The second kappa shape index (κ2) is 9.35. The van der Waals surface area contributed by atoms with Gasteiger partial charge in [0.15, 0.2) is 0 Å². The van der Waals surface area contributed by atoms with E-state index < -0.39 is 0 Å². The number of ether oxygens (including phenoxy) is 1. The molecule has 1 amide bonds. The molecule has 4 heterocycles. The maximum Gasteiger partial charge on any atom is 0.225 e. The van der Waals surface area contributed by atoms with E-state index in [0.717, 1.165) is 28.8 Å². The van der Waals surface area contributed by atoms with Gasteiger partial charge in [-0.05, 0) is 37.5 Å². The molecule has 4 atom stereocenters. The van der Waals surface area contributed by atoms with Crippen LogP contribution in [0.2, 0.25) is 0 Å². The first-order valence-electron chi connectivity index (χ1n) is 11.8. The number of carbonyl (C=O) groups excluding carboxylic acids is 1. The number of likely N-dealkylation sites (tertiary alicyclic amines) is 1. The number of amides is 1. The third-order valence-electron chi connectivity index (χ3n) is 7.04. The molecule has 0 spiro atoms. The Morgan fingerprint density at radius 3 is 2.82 bits per heavy atom. The van der Waals surface area contributed by atoms with Gasteiger partial charge in [0.05, 0.1) is 41.8 Å². The molecule has 174 valence electrons. The Morgan fingerprint density at radius 1 is 1.21 bits per heavy atom. The van der Waals surface area contributed by atoms with Gasteiger partial charge in [-0.3, -0.25) is 14.8 Å². The number of carbonyl (C=O) groups is 1. The summed E-state index contributed by atoms with van der Waals surface area (Å²) < 4.78 is 6.04. The maximum atomic E-state index is 13.0. The number of nitrogens with zero attached hydrogens (tertiary/aromatic N) is 6. The number of anilines is 1. The highest BCUT2D eigenvalue weighted by atomic mass is 16.5. The minimum Gasteiger partial charge on any atom is -0.373 e. The molecule has 1 aromatic carbocycles. The summed E-state index contributed by atoms with van der Waals surface area (Å²) >= 11 is 0. The Balaban J connectivity index is 1.19. The van der Waals surface area contributed by atoms with E-state index in [1.165, 1.54) is 0 Å². The van der Waals surface area contributed by atoms with Gasteiger partial charge in [0.1, 0.15) is 11.9 Å². The van der Waals surface area contributed by atoms with E-state index in [1.54, 1.807) is 18.6 Å². The lowest BCUT2D eigenvalue weighted by atomic mass is 10.0. The fourth-order valence-electron chi connectivity index (χ4n) is 5.31. The average Bonchev–Trinajstić information content (AvgIpc) is 3.07. The predicted octanol–water partition coefficient (Wildman–Crippen LogP) is 3.49. The van der Waals surface area contributed by atoms with Crippen LogP contribution in [0.3, 0.4) is 0 Å². The monoisotopic (exact) mass is 456 g/mol. The molecule has 2 aliphatic rings. The lowest BCUT2D eigenvalue weighted by Gasteiger charge is -2.42. The minimum atomic E-state index is -0.177. The summed E-state index contributed by atoms with van der Waals surface area (Å²) in [6.07, 6.45) is 6.20. The highest BCUT2D eigenvalue weighted by Crippen LogP contribution is 2.37. The van der Waals surface area contributed by atoms with Crippen LogP contribution in [0, 0.1) is 17.2 Å². The quantitative estimate of drug-likeness (QED) is 0.560. The van der Waals surface area contributed by atoms with E-state index in [2.05, 4.69) is 32.8 Å². The van der Waals surface area contributed by atoms with E-state index in [1.807, 2.05) is 42.2 Å². The summed E-state index contributed by atoms with van der Waals surface area (Å²) in [5.74, 6) is 1.49. The topological polar surface area (TPSA) is 95.2 Å². The number of piperazine rings is 1. The van der Waals surface area contributed by atoms with Gasteiger partial charge in [-0.1, -0.05) is 19.1 Å². The van der Waals surface area contributed by atoms with Crippen molar-refractivity contribution in [3.63, 3.8) is 0 Å². The van der Waals surface area contributed by atoms with Crippen LogP contribution >= 0.6 is 0 Å². The average molecular weight is 457 g/mol. The first-order valence-corrected chi connectivity index (χ1v) is 11.8. The lowest BCUT2D eigenvalue weighted by molar-refractivity contribution is -0.133. The number of pyridine rings is 1. The van der Waals surface area contributed by atoms with Crippen LogP contribution in [0.5, 0.6) is 0 Å². The zero-order valence-electron chi connectivity index (χ0n) is 19.5. The van der Waals surface area contributed by atoms with Crippen molar-refractivity contribution in [3.8, 4) is 6.07 Å². The molecule has 2 bridgehead atoms. The molecule has 0 aliphatic carbocycles. The predicted molar refractivity (Wildman–Crippen MR) is 128 cm³/mol. The molecule has 2 aliphatic heterocycles. The summed E-state index contributed by atoms with van der Waals surface area (Å²) in [4.78, 5) is 30.7. The molecule has 0 radical (unpaired) electrons. The summed E-state index contributed by atoms with van der Waals surface area (Å²) in [6, 6.07) is 12.2.